The van der Waals surface area contributed by atoms with Gasteiger partial charge in [0.25, 0.3) is 0 Å². The number of hydrogen-bond acceptors (Lipinski definition) is 2. The van der Waals surface area contributed by atoms with Crippen LogP contribution in [0.3, 0.4) is 0 Å². The number of guanidine groups is 1. The van der Waals surface area contributed by atoms with E-state index in [0.29, 0.717) is 6.54 Å². The van der Waals surface area contributed by atoms with Crippen LogP contribution in [0.5, 0.6) is 0 Å². The Kier molecular flexibility index (Phi) is 4.53. The molecule has 0 spiro atoms. The van der Waals surface area contributed by atoms with E-state index in [-0.39, 0.29) is 5.96 Å². The van der Waals surface area contributed by atoms with Crippen molar-refractivity contribution >= 4 is 5.96 Å². The Morgan fingerprint density at radius 3 is 3.00 bits per heavy atom. The van der Waals surface area contributed by atoms with Gasteiger partial charge in [-0.05, 0) is 6.92 Å². The molecule has 52 valence electrons. The fourth-order valence-corrected chi connectivity index (χ4v) is 0.292. The second-order valence-corrected chi connectivity index (χ2v) is 1.41. The van der Waals surface area contributed by atoms with E-state index in [1.165, 1.54) is 0 Å². The standard InChI is InChI=1S/C5H11N3O/c1-2-3-4-7-5(6)8-9/h2-3,9H,4H2,1H3,(H3,6,7,8)/b3-2+. The van der Waals surface area contributed by atoms with Crippen LogP contribution < -0.4 is 11.2 Å². The summed E-state index contributed by atoms with van der Waals surface area (Å²) in [4.78, 5) is 3.68. The molecule has 0 rings (SSSR count). The third kappa shape index (κ3) is 4.83. The zero-order valence-electron chi connectivity index (χ0n) is 5.33. The number of nitrogens with zero attached hydrogens (tertiary/aromatic N) is 1. The van der Waals surface area contributed by atoms with Crippen molar-refractivity contribution < 1.29 is 5.21 Å². The van der Waals surface area contributed by atoms with E-state index < -0.39 is 0 Å². The van der Waals surface area contributed by atoms with Gasteiger partial charge in [0.1, 0.15) is 0 Å². The van der Waals surface area contributed by atoms with E-state index in [2.05, 4.69) is 4.99 Å². The Hall–Kier alpha value is -1.03. The maximum Gasteiger partial charge on any atom is 0.213 e. The van der Waals surface area contributed by atoms with E-state index in [0.717, 1.165) is 0 Å². The first kappa shape index (κ1) is 7.97. The lowest BCUT2D eigenvalue weighted by molar-refractivity contribution is 0.232. The molecule has 4 nitrogen and oxygen atoms in total. The molecular weight excluding hydrogens is 118 g/mol. The van der Waals surface area contributed by atoms with E-state index in [4.69, 9.17) is 10.9 Å². The number of hydroxylamine groups is 1. The fourth-order valence-electron chi connectivity index (χ4n) is 0.292. The lowest BCUT2D eigenvalue weighted by Gasteiger charge is -1.92. The minimum absolute atomic E-state index is 0.0353. The maximum absolute atomic E-state index is 8.10. The van der Waals surface area contributed by atoms with Crippen molar-refractivity contribution in [1.29, 1.82) is 0 Å². The first-order chi connectivity index (χ1) is 4.31. The number of hydrogen-bond donors (Lipinski definition) is 3. The van der Waals surface area contributed by atoms with Crippen LogP contribution in [0.2, 0.25) is 0 Å². The second kappa shape index (κ2) is 5.11. The van der Waals surface area contributed by atoms with Gasteiger partial charge in [0.2, 0.25) is 5.96 Å². The predicted octanol–water partition coefficient (Wildman–Crippen LogP) is -0.144. The van der Waals surface area contributed by atoms with Crippen molar-refractivity contribution in [2.45, 2.75) is 6.92 Å². The van der Waals surface area contributed by atoms with Crippen LogP contribution in [-0.2, 0) is 0 Å². The van der Waals surface area contributed by atoms with E-state index in [1.807, 2.05) is 19.1 Å². The van der Waals surface area contributed by atoms with E-state index >= 15 is 0 Å². The summed E-state index contributed by atoms with van der Waals surface area (Å²) in [5, 5.41) is 8.10. The lowest BCUT2D eigenvalue weighted by atomic mass is 10.5. The van der Waals surface area contributed by atoms with Crippen LogP contribution >= 0.6 is 0 Å². The van der Waals surface area contributed by atoms with Gasteiger partial charge in [0, 0.05) is 0 Å². The maximum atomic E-state index is 8.10. The van der Waals surface area contributed by atoms with Crippen molar-refractivity contribution in [3.05, 3.63) is 12.2 Å². The van der Waals surface area contributed by atoms with Crippen molar-refractivity contribution in [1.82, 2.24) is 5.48 Å². The van der Waals surface area contributed by atoms with Crippen LogP contribution in [0, 0.1) is 0 Å². The molecule has 4 N–H and O–H groups in total. The average molecular weight is 129 g/mol. The lowest BCUT2D eigenvalue weighted by Crippen LogP contribution is -2.28. The predicted molar refractivity (Wildman–Crippen MR) is 36.2 cm³/mol. The molecule has 0 amide bonds. The van der Waals surface area contributed by atoms with Gasteiger partial charge in [-0.1, -0.05) is 12.2 Å². The monoisotopic (exact) mass is 129 g/mol. The number of rotatable bonds is 2. The summed E-state index contributed by atoms with van der Waals surface area (Å²) in [5.74, 6) is 0.0353. The molecule has 0 aliphatic rings. The number of nitrogens with two attached hydrogens (primary N) is 1. The Balaban J connectivity index is 3.43. The molecule has 4 heteroatoms. The third-order valence-corrected chi connectivity index (χ3v) is 0.717. The average Bonchev–Trinajstić information content (AvgIpc) is 1.89. The first-order valence-corrected chi connectivity index (χ1v) is 2.62. The summed E-state index contributed by atoms with van der Waals surface area (Å²) >= 11 is 0. The van der Waals surface area contributed by atoms with Gasteiger partial charge in [-0.25, -0.2) is 10.5 Å². The Morgan fingerprint density at radius 1 is 1.89 bits per heavy atom. The van der Waals surface area contributed by atoms with Gasteiger partial charge in [-0.3, -0.25) is 5.21 Å². The normalized spacial score (nSPS) is 12.4. The molecule has 0 saturated heterocycles. The molecule has 9 heavy (non-hydrogen) atoms. The Morgan fingerprint density at radius 2 is 2.56 bits per heavy atom. The van der Waals surface area contributed by atoms with E-state index in [1.54, 1.807) is 5.48 Å². The van der Waals surface area contributed by atoms with Gasteiger partial charge < -0.3 is 5.73 Å². The van der Waals surface area contributed by atoms with Crippen molar-refractivity contribution in [3.8, 4) is 0 Å². The molecule has 0 unspecified atom stereocenters. The number of nitrogens with one attached hydrogen (secondary N) is 1. The van der Waals surface area contributed by atoms with Gasteiger partial charge in [0.05, 0.1) is 6.54 Å². The largest absolute Gasteiger partial charge is 0.368 e. The van der Waals surface area contributed by atoms with Crippen molar-refractivity contribution in [3.63, 3.8) is 0 Å². The topological polar surface area (TPSA) is 70.6 Å². The fraction of sp³-hybridized carbons (Fsp3) is 0.400. The Labute approximate surface area is 54.0 Å². The van der Waals surface area contributed by atoms with Gasteiger partial charge in [-0.2, -0.15) is 0 Å². The molecule has 0 aromatic rings. The highest BCUT2D eigenvalue weighted by atomic mass is 16.5. The molecule has 0 fully saturated rings. The summed E-state index contributed by atoms with van der Waals surface area (Å²) in [6.45, 7) is 2.38. The Bertz CT molecular complexity index is 119. The molecular formula is C5H11N3O. The molecule has 0 saturated carbocycles. The summed E-state index contributed by atoms with van der Waals surface area (Å²) in [5.41, 5.74) is 6.79. The van der Waals surface area contributed by atoms with Crippen molar-refractivity contribution in [2.75, 3.05) is 6.54 Å². The van der Waals surface area contributed by atoms with Gasteiger partial charge in [0.15, 0.2) is 0 Å². The zero-order valence-corrected chi connectivity index (χ0v) is 5.33. The van der Waals surface area contributed by atoms with Crippen LogP contribution in [-0.4, -0.2) is 17.7 Å². The smallest absolute Gasteiger partial charge is 0.213 e. The first-order valence-electron chi connectivity index (χ1n) is 2.62. The van der Waals surface area contributed by atoms with Crippen LogP contribution in [0.1, 0.15) is 6.92 Å². The molecule has 0 bridgehead atoms. The van der Waals surface area contributed by atoms with Gasteiger partial charge in [-0.15, -0.1) is 0 Å². The van der Waals surface area contributed by atoms with Crippen LogP contribution in [0.15, 0.2) is 17.1 Å². The highest BCUT2D eigenvalue weighted by Crippen LogP contribution is 1.72. The molecule has 0 radical (unpaired) electrons. The number of aliphatic imine (C=N–C) groups is 1. The summed E-state index contributed by atoms with van der Waals surface area (Å²) in [6, 6.07) is 0. The molecule has 0 aromatic carbocycles. The minimum Gasteiger partial charge on any atom is -0.368 e. The van der Waals surface area contributed by atoms with Crippen LogP contribution in [0.25, 0.3) is 0 Å². The minimum atomic E-state index is 0.0353. The van der Waals surface area contributed by atoms with Crippen LogP contribution in [0.4, 0.5) is 0 Å². The molecule has 0 atom stereocenters. The number of allylic oxidation sites excluding steroid dienone is 1. The second-order valence-electron chi connectivity index (χ2n) is 1.41. The molecule has 0 aromatic heterocycles. The quantitative estimate of drug-likeness (QED) is 0.210. The summed E-state index contributed by atoms with van der Waals surface area (Å²) < 4.78 is 0. The van der Waals surface area contributed by atoms with Gasteiger partial charge >= 0.3 is 0 Å². The third-order valence-electron chi connectivity index (χ3n) is 0.717. The highest BCUT2D eigenvalue weighted by Gasteiger charge is 1.79. The van der Waals surface area contributed by atoms with E-state index in [9.17, 15) is 0 Å². The summed E-state index contributed by atoms with van der Waals surface area (Å²) in [7, 11) is 0. The molecule has 0 aliphatic heterocycles. The van der Waals surface area contributed by atoms with Crippen molar-refractivity contribution in [2.24, 2.45) is 10.7 Å². The molecule has 0 heterocycles. The summed E-state index contributed by atoms with van der Waals surface area (Å²) in [6.07, 6.45) is 3.68. The SMILES string of the molecule is C/C=C/CN=C(N)NO. The molecule has 0 aliphatic carbocycles. The zero-order chi connectivity index (χ0) is 7.11. The highest BCUT2D eigenvalue weighted by molar-refractivity contribution is 5.76.